The zero-order valence-corrected chi connectivity index (χ0v) is 9.97. The molecule has 2 aromatic rings. The number of aromatic carboxylic acids is 1. The first-order valence-corrected chi connectivity index (χ1v) is 6.25. The Bertz CT molecular complexity index is 506. The number of hydrogen-bond donors (Lipinski definition) is 1. The Morgan fingerprint density at radius 3 is 3.06 bits per heavy atom. The van der Waals surface area contributed by atoms with E-state index in [0.717, 1.165) is 10.0 Å². The van der Waals surface area contributed by atoms with Crippen molar-refractivity contribution >= 4 is 29.1 Å². The van der Waals surface area contributed by atoms with Crippen molar-refractivity contribution in [2.45, 2.75) is 17.0 Å². The minimum absolute atomic E-state index is 0.0640. The molecule has 0 radical (unpaired) electrons. The maximum absolute atomic E-state index is 10.6. The zero-order valence-electron chi connectivity index (χ0n) is 8.34. The molecule has 0 spiro atoms. The highest BCUT2D eigenvalue weighted by molar-refractivity contribution is 8.00. The average molecular weight is 256 g/mol. The van der Waals surface area contributed by atoms with Gasteiger partial charge in [0.05, 0.1) is 5.75 Å². The smallest absolute Gasteiger partial charge is 0.358 e. The van der Waals surface area contributed by atoms with E-state index in [1.54, 1.807) is 11.3 Å². The maximum atomic E-state index is 10.6. The van der Waals surface area contributed by atoms with Crippen molar-refractivity contribution in [3.63, 3.8) is 0 Å². The molecule has 0 amide bonds. The summed E-state index contributed by atoms with van der Waals surface area (Å²) >= 11 is 3.06. The minimum Gasteiger partial charge on any atom is -0.476 e. The van der Waals surface area contributed by atoms with Crippen LogP contribution in [0, 0.1) is 6.92 Å². The lowest BCUT2D eigenvalue weighted by Crippen LogP contribution is -1.94. The van der Waals surface area contributed by atoms with Crippen LogP contribution in [0.25, 0.3) is 0 Å². The van der Waals surface area contributed by atoms with Crippen molar-refractivity contribution < 1.29 is 14.4 Å². The first-order chi connectivity index (χ1) is 7.65. The fourth-order valence-corrected chi connectivity index (χ4v) is 2.74. The second kappa shape index (κ2) is 4.67. The van der Waals surface area contributed by atoms with E-state index in [4.69, 9.17) is 9.63 Å². The summed E-state index contributed by atoms with van der Waals surface area (Å²) in [4.78, 5) is 14.8. The number of rotatable bonds is 4. The molecule has 2 aromatic heterocycles. The standard InChI is InChI=1S/C9H8N2O3S2/c1-5-3-15-9(10-5)16-4-6-2-7(8(12)13)11-14-6/h2-3H,4H2,1H3,(H,12,13). The number of nitrogens with zero attached hydrogens (tertiary/aromatic N) is 2. The summed E-state index contributed by atoms with van der Waals surface area (Å²) in [5, 5.41) is 14.0. The van der Waals surface area contributed by atoms with Crippen LogP contribution in [0.15, 0.2) is 20.3 Å². The Labute approximate surface area is 99.5 Å². The van der Waals surface area contributed by atoms with Gasteiger partial charge in [-0.05, 0) is 6.92 Å². The van der Waals surface area contributed by atoms with Gasteiger partial charge in [-0.2, -0.15) is 0 Å². The summed E-state index contributed by atoms with van der Waals surface area (Å²) in [6.07, 6.45) is 0. The molecule has 0 bridgehead atoms. The van der Waals surface area contributed by atoms with Gasteiger partial charge in [-0.15, -0.1) is 11.3 Å². The largest absolute Gasteiger partial charge is 0.476 e. The van der Waals surface area contributed by atoms with Crippen LogP contribution in [-0.4, -0.2) is 21.2 Å². The van der Waals surface area contributed by atoms with E-state index < -0.39 is 5.97 Å². The van der Waals surface area contributed by atoms with Gasteiger partial charge < -0.3 is 9.63 Å². The summed E-state index contributed by atoms with van der Waals surface area (Å²) in [6, 6.07) is 1.43. The molecule has 0 aliphatic rings. The quantitative estimate of drug-likeness (QED) is 0.847. The van der Waals surface area contributed by atoms with Crippen LogP contribution < -0.4 is 0 Å². The molecule has 0 saturated heterocycles. The maximum Gasteiger partial charge on any atom is 0.358 e. The predicted molar refractivity (Wildman–Crippen MR) is 59.9 cm³/mol. The number of carbonyl (C=O) groups is 1. The molecular weight excluding hydrogens is 248 g/mol. The molecular formula is C9H8N2O3S2. The molecule has 0 unspecified atom stereocenters. The van der Waals surface area contributed by atoms with E-state index in [1.807, 2.05) is 12.3 Å². The Balaban J connectivity index is 1.97. The predicted octanol–water partition coefficient (Wildman–Crippen LogP) is 2.43. The number of thiazole rings is 1. The lowest BCUT2D eigenvalue weighted by Gasteiger charge is -1.90. The molecule has 0 saturated carbocycles. The summed E-state index contributed by atoms with van der Waals surface area (Å²) in [6.45, 7) is 1.93. The van der Waals surface area contributed by atoms with Gasteiger partial charge in [0.25, 0.3) is 0 Å². The van der Waals surface area contributed by atoms with Gasteiger partial charge >= 0.3 is 5.97 Å². The number of aryl methyl sites for hydroxylation is 1. The lowest BCUT2D eigenvalue weighted by molar-refractivity contribution is 0.0685. The molecule has 0 aromatic carbocycles. The second-order valence-corrected chi connectivity index (χ2v) is 5.11. The molecule has 0 aliphatic heterocycles. The van der Waals surface area contributed by atoms with E-state index in [2.05, 4.69) is 10.1 Å². The van der Waals surface area contributed by atoms with Gasteiger partial charge in [0.2, 0.25) is 0 Å². The minimum atomic E-state index is -1.08. The molecule has 2 rings (SSSR count). The number of hydrogen-bond acceptors (Lipinski definition) is 6. The molecule has 7 heteroatoms. The number of aromatic nitrogens is 2. The highest BCUT2D eigenvalue weighted by Crippen LogP contribution is 2.26. The average Bonchev–Trinajstić information content (AvgIpc) is 2.83. The Hall–Kier alpha value is -1.34. The molecule has 0 atom stereocenters. The molecule has 0 fully saturated rings. The topological polar surface area (TPSA) is 76.2 Å². The molecule has 1 N–H and O–H groups in total. The number of thioether (sulfide) groups is 1. The fraction of sp³-hybridized carbons (Fsp3) is 0.222. The van der Waals surface area contributed by atoms with E-state index >= 15 is 0 Å². The highest BCUT2D eigenvalue weighted by Gasteiger charge is 2.11. The van der Waals surface area contributed by atoms with E-state index in [9.17, 15) is 4.79 Å². The van der Waals surface area contributed by atoms with Crippen LogP contribution in [0.5, 0.6) is 0 Å². The third-order valence-electron chi connectivity index (χ3n) is 1.71. The Kier molecular flexibility index (Phi) is 3.25. The number of carboxylic acids is 1. The summed E-state index contributed by atoms with van der Waals surface area (Å²) < 4.78 is 5.82. The van der Waals surface area contributed by atoms with Crippen molar-refractivity contribution in [3.8, 4) is 0 Å². The first-order valence-electron chi connectivity index (χ1n) is 4.39. The summed E-state index contributed by atoms with van der Waals surface area (Å²) in [5.41, 5.74) is 0.919. The van der Waals surface area contributed by atoms with Crippen LogP contribution in [0.1, 0.15) is 21.9 Å². The van der Waals surface area contributed by atoms with Crippen molar-refractivity contribution in [1.82, 2.24) is 10.1 Å². The molecule has 5 nitrogen and oxygen atoms in total. The molecule has 2 heterocycles. The van der Waals surface area contributed by atoms with Gasteiger partial charge in [0.15, 0.2) is 10.0 Å². The zero-order chi connectivity index (χ0) is 11.5. The normalized spacial score (nSPS) is 10.6. The van der Waals surface area contributed by atoms with Crippen molar-refractivity contribution in [2.24, 2.45) is 0 Å². The SMILES string of the molecule is Cc1csc(SCc2cc(C(=O)O)no2)n1. The van der Waals surface area contributed by atoms with E-state index in [1.165, 1.54) is 17.8 Å². The second-order valence-electron chi connectivity index (χ2n) is 3.03. The fourth-order valence-electron chi connectivity index (χ4n) is 1.01. The molecule has 84 valence electrons. The van der Waals surface area contributed by atoms with Crippen molar-refractivity contribution in [3.05, 3.63) is 28.6 Å². The first kappa shape index (κ1) is 11.2. The summed E-state index contributed by atoms with van der Waals surface area (Å²) in [5.74, 6) is -0.00639. The monoisotopic (exact) mass is 256 g/mol. The van der Waals surface area contributed by atoms with Crippen LogP contribution >= 0.6 is 23.1 Å². The van der Waals surface area contributed by atoms with Crippen LogP contribution in [0.4, 0.5) is 0 Å². The highest BCUT2D eigenvalue weighted by atomic mass is 32.2. The summed E-state index contributed by atoms with van der Waals surface area (Å²) in [7, 11) is 0. The van der Waals surface area contributed by atoms with Crippen LogP contribution in [0.3, 0.4) is 0 Å². The third-order valence-corrected chi connectivity index (χ3v) is 3.88. The van der Waals surface area contributed by atoms with Gasteiger partial charge in [-0.25, -0.2) is 9.78 Å². The Morgan fingerprint density at radius 2 is 2.50 bits per heavy atom. The lowest BCUT2D eigenvalue weighted by atomic mass is 10.4. The molecule has 16 heavy (non-hydrogen) atoms. The Morgan fingerprint density at radius 1 is 1.69 bits per heavy atom. The molecule has 0 aliphatic carbocycles. The van der Waals surface area contributed by atoms with Gasteiger partial charge in [-0.3, -0.25) is 0 Å². The van der Waals surface area contributed by atoms with E-state index in [0.29, 0.717) is 11.5 Å². The van der Waals surface area contributed by atoms with Crippen LogP contribution in [0.2, 0.25) is 0 Å². The third kappa shape index (κ3) is 2.61. The van der Waals surface area contributed by atoms with Crippen LogP contribution in [-0.2, 0) is 5.75 Å². The van der Waals surface area contributed by atoms with Gasteiger partial charge in [0, 0.05) is 17.1 Å². The van der Waals surface area contributed by atoms with Gasteiger partial charge in [0.1, 0.15) is 5.76 Å². The van der Waals surface area contributed by atoms with Gasteiger partial charge in [-0.1, -0.05) is 16.9 Å². The van der Waals surface area contributed by atoms with E-state index in [-0.39, 0.29) is 5.69 Å². The number of carboxylic acid groups (broad SMARTS) is 1. The van der Waals surface area contributed by atoms with Crippen molar-refractivity contribution in [1.29, 1.82) is 0 Å². The van der Waals surface area contributed by atoms with Crippen molar-refractivity contribution in [2.75, 3.05) is 0 Å².